The Balaban J connectivity index is 2.33. The van der Waals surface area contributed by atoms with E-state index < -0.39 is 0 Å². The van der Waals surface area contributed by atoms with Crippen LogP contribution < -0.4 is 10.6 Å². The molecule has 1 fully saturated rings. The van der Waals surface area contributed by atoms with Crippen LogP contribution in [0.3, 0.4) is 0 Å². The summed E-state index contributed by atoms with van der Waals surface area (Å²) in [5.74, 6) is 0.00237. The summed E-state index contributed by atoms with van der Waals surface area (Å²) >= 11 is 5.91. The highest BCUT2D eigenvalue weighted by molar-refractivity contribution is 6.31. The molecule has 1 saturated heterocycles. The van der Waals surface area contributed by atoms with Gasteiger partial charge in [-0.15, -0.1) is 0 Å². The number of aliphatic hydroxyl groups is 1. The number of hydrogen-bond acceptors (Lipinski definition) is 3. The lowest BCUT2D eigenvalue weighted by Gasteiger charge is -2.33. The van der Waals surface area contributed by atoms with Crippen LogP contribution in [-0.2, 0) is 0 Å². The van der Waals surface area contributed by atoms with Gasteiger partial charge in [0.05, 0.1) is 6.10 Å². The number of benzene rings is 1. The van der Waals surface area contributed by atoms with Gasteiger partial charge in [-0.25, -0.2) is 0 Å². The second kappa shape index (κ2) is 4.94. The van der Waals surface area contributed by atoms with Crippen molar-refractivity contribution in [2.24, 2.45) is 5.73 Å². The van der Waals surface area contributed by atoms with E-state index in [4.69, 9.17) is 22.7 Å². The molecule has 1 atom stereocenters. The number of nitrogen functional groups attached to an aromatic ring is 1. The van der Waals surface area contributed by atoms with Gasteiger partial charge in [0, 0.05) is 29.4 Å². The molecule has 1 aromatic rings. The van der Waals surface area contributed by atoms with E-state index >= 15 is 0 Å². The maximum absolute atomic E-state index is 9.67. The number of aliphatic hydroxyl groups excluding tert-OH is 1. The van der Waals surface area contributed by atoms with E-state index in [9.17, 15) is 5.11 Å². The van der Waals surface area contributed by atoms with E-state index in [0.717, 1.165) is 25.1 Å². The molecule has 4 N–H and O–H groups in total. The Morgan fingerprint density at radius 1 is 1.53 bits per heavy atom. The number of hydrogen-bond donors (Lipinski definition) is 3. The van der Waals surface area contributed by atoms with Crippen LogP contribution in [-0.4, -0.2) is 30.1 Å². The molecule has 5 heteroatoms. The number of nitrogens with zero attached hydrogens (tertiary/aromatic N) is 1. The summed E-state index contributed by atoms with van der Waals surface area (Å²) in [5.41, 5.74) is 7.07. The second-order valence-electron chi connectivity index (χ2n) is 4.32. The van der Waals surface area contributed by atoms with Gasteiger partial charge < -0.3 is 15.7 Å². The largest absolute Gasteiger partial charge is 0.391 e. The van der Waals surface area contributed by atoms with E-state index in [1.807, 2.05) is 6.07 Å². The quantitative estimate of drug-likeness (QED) is 0.554. The highest BCUT2D eigenvalue weighted by atomic mass is 35.5. The van der Waals surface area contributed by atoms with Crippen molar-refractivity contribution in [3.05, 3.63) is 28.8 Å². The molecule has 1 aliphatic heterocycles. The Hall–Kier alpha value is -1.26. The van der Waals surface area contributed by atoms with E-state index in [2.05, 4.69) is 4.90 Å². The van der Waals surface area contributed by atoms with Crippen LogP contribution >= 0.6 is 11.6 Å². The summed E-state index contributed by atoms with van der Waals surface area (Å²) in [6.45, 7) is 1.46. The first-order valence-electron chi connectivity index (χ1n) is 5.65. The Morgan fingerprint density at radius 2 is 2.29 bits per heavy atom. The number of rotatable bonds is 2. The van der Waals surface area contributed by atoms with Gasteiger partial charge in [0.1, 0.15) is 5.84 Å². The smallest absolute Gasteiger partial charge is 0.124 e. The molecule has 1 aromatic carbocycles. The van der Waals surface area contributed by atoms with Crippen LogP contribution in [0.15, 0.2) is 18.2 Å². The van der Waals surface area contributed by atoms with Crippen molar-refractivity contribution >= 4 is 23.1 Å². The summed E-state index contributed by atoms with van der Waals surface area (Å²) in [5, 5.41) is 17.8. The molecular weight excluding hydrogens is 238 g/mol. The molecule has 1 aliphatic rings. The summed E-state index contributed by atoms with van der Waals surface area (Å²) in [6, 6.07) is 5.33. The number of nitrogens with one attached hydrogen (secondary N) is 1. The van der Waals surface area contributed by atoms with Crippen molar-refractivity contribution in [3.63, 3.8) is 0 Å². The van der Waals surface area contributed by atoms with E-state index in [0.29, 0.717) is 17.1 Å². The third-order valence-corrected chi connectivity index (χ3v) is 3.22. The molecule has 0 radical (unpaired) electrons. The van der Waals surface area contributed by atoms with Crippen LogP contribution in [0.2, 0.25) is 5.02 Å². The molecule has 1 unspecified atom stereocenters. The van der Waals surface area contributed by atoms with Gasteiger partial charge in [0.15, 0.2) is 0 Å². The molecule has 4 nitrogen and oxygen atoms in total. The predicted molar refractivity (Wildman–Crippen MR) is 69.9 cm³/mol. The minimum Gasteiger partial charge on any atom is -0.391 e. The molecule has 1 heterocycles. The van der Waals surface area contributed by atoms with Crippen molar-refractivity contribution in [2.75, 3.05) is 18.0 Å². The average Bonchev–Trinajstić information content (AvgIpc) is 2.28. The fourth-order valence-electron chi connectivity index (χ4n) is 2.17. The van der Waals surface area contributed by atoms with Gasteiger partial charge in [0.2, 0.25) is 0 Å². The topological polar surface area (TPSA) is 73.3 Å². The molecule has 0 aromatic heterocycles. The van der Waals surface area contributed by atoms with E-state index in [-0.39, 0.29) is 11.9 Å². The van der Waals surface area contributed by atoms with Gasteiger partial charge in [-0.2, -0.15) is 0 Å². The van der Waals surface area contributed by atoms with Crippen LogP contribution in [0.5, 0.6) is 0 Å². The minimum atomic E-state index is -0.306. The summed E-state index contributed by atoms with van der Waals surface area (Å²) in [7, 11) is 0. The van der Waals surface area contributed by atoms with Crippen LogP contribution in [0.4, 0.5) is 5.69 Å². The first-order valence-corrected chi connectivity index (χ1v) is 6.02. The highest BCUT2D eigenvalue weighted by Crippen LogP contribution is 2.26. The van der Waals surface area contributed by atoms with Gasteiger partial charge in [-0.1, -0.05) is 11.6 Å². The second-order valence-corrected chi connectivity index (χ2v) is 4.75. The molecule has 0 spiro atoms. The monoisotopic (exact) mass is 253 g/mol. The van der Waals surface area contributed by atoms with Gasteiger partial charge in [0.25, 0.3) is 0 Å². The first-order chi connectivity index (χ1) is 8.08. The SMILES string of the molecule is N=C(N)c1cc(Cl)ccc1N1CCCC(O)C1. The average molecular weight is 254 g/mol. The maximum atomic E-state index is 9.67. The third-order valence-electron chi connectivity index (χ3n) is 2.99. The van der Waals surface area contributed by atoms with Crippen LogP contribution in [0.1, 0.15) is 18.4 Å². The molecule has 17 heavy (non-hydrogen) atoms. The Bertz CT molecular complexity index is 436. The first kappa shape index (κ1) is 12.2. The third kappa shape index (κ3) is 2.70. The lowest BCUT2D eigenvalue weighted by atomic mass is 10.0. The molecule has 92 valence electrons. The Labute approximate surface area is 105 Å². The Kier molecular flexibility index (Phi) is 3.54. The molecule has 0 aliphatic carbocycles. The number of piperidine rings is 1. The van der Waals surface area contributed by atoms with Gasteiger partial charge in [-0.3, -0.25) is 5.41 Å². The van der Waals surface area contributed by atoms with Gasteiger partial charge >= 0.3 is 0 Å². The van der Waals surface area contributed by atoms with Crippen LogP contribution in [0.25, 0.3) is 0 Å². The van der Waals surface area contributed by atoms with Crippen LogP contribution in [0, 0.1) is 5.41 Å². The predicted octanol–water partition coefficient (Wildman–Crippen LogP) is 1.59. The van der Waals surface area contributed by atoms with E-state index in [1.54, 1.807) is 12.1 Å². The fourth-order valence-corrected chi connectivity index (χ4v) is 2.35. The normalized spacial score (nSPS) is 20.4. The molecular formula is C12H16ClN3O. The van der Waals surface area contributed by atoms with E-state index in [1.165, 1.54) is 0 Å². The number of amidine groups is 1. The Morgan fingerprint density at radius 3 is 2.94 bits per heavy atom. The maximum Gasteiger partial charge on any atom is 0.124 e. The molecule has 0 amide bonds. The zero-order valence-electron chi connectivity index (χ0n) is 9.49. The molecule has 0 saturated carbocycles. The molecule has 2 rings (SSSR count). The lowest BCUT2D eigenvalue weighted by Crippen LogP contribution is -2.39. The number of halogens is 1. The highest BCUT2D eigenvalue weighted by Gasteiger charge is 2.20. The van der Waals surface area contributed by atoms with Crippen molar-refractivity contribution in [3.8, 4) is 0 Å². The fraction of sp³-hybridized carbons (Fsp3) is 0.417. The standard InChI is InChI=1S/C12H16ClN3O/c13-8-3-4-11(10(6-8)12(14)15)16-5-1-2-9(17)7-16/h3-4,6,9,17H,1-2,5,7H2,(H3,14,15). The lowest BCUT2D eigenvalue weighted by molar-refractivity contribution is 0.154. The zero-order valence-corrected chi connectivity index (χ0v) is 10.2. The zero-order chi connectivity index (χ0) is 12.4. The summed E-state index contributed by atoms with van der Waals surface area (Å²) < 4.78 is 0. The molecule has 0 bridgehead atoms. The summed E-state index contributed by atoms with van der Waals surface area (Å²) in [6.07, 6.45) is 1.47. The number of nitrogens with two attached hydrogens (primary N) is 1. The summed E-state index contributed by atoms with van der Waals surface area (Å²) in [4.78, 5) is 2.06. The van der Waals surface area contributed by atoms with Crippen molar-refractivity contribution < 1.29 is 5.11 Å². The van der Waals surface area contributed by atoms with Crippen molar-refractivity contribution in [2.45, 2.75) is 18.9 Å². The number of β-amino-alcohol motifs (C(OH)–C–C–N with tert-alkyl or cyclic N) is 1. The number of anilines is 1. The van der Waals surface area contributed by atoms with Crippen molar-refractivity contribution in [1.29, 1.82) is 5.41 Å². The van der Waals surface area contributed by atoms with Crippen molar-refractivity contribution in [1.82, 2.24) is 0 Å². The minimum absolute atomic E-state index is 0.00237. The van der Waals surface area contributed by atoms with Gasteiger partial charge in [-0.05, 0) is 31.0 Å².